The van der Waals surface area contributed by atoms with Crippen LogP contribution in [0.5, 0.6) is 0 Å². The van der Waals surface area contributed by atoms with Crippen molar-refractivity contribution in [2.45, 2.75) is 45.3 Å². The molecule has 0 aliphatic carbocycles. The number of anilines is 1. The van der Waals surface area contributed by atoms with E-state index in [2.05, 4.69) is 6.07 Å². The van der Waals surface area contributed by atoms with Crippen molar-refractivity contribution in [3.63, 3.8) is 0 Å². The molecule has 2 rings (SSSR count). The van der Waals surface area contributed by atoms with Gasteiger partial charge in [-0.1, -0.05) is 12.1 Å². The number of benzene rings is 1. The molecule has 1 aliphatic rings. The van der Waals surface area contributed by atoms with Gasteiger partial charge in [-0.25, -0.2) is 4.79 Å². The van der Waals surface area contributed by atoms with Gasteiger partial charge in [0.2, 0.25) is 5.91 Å². The fourth-order valence-electron chi connectivity index (χ4n) is 2.14. The van der Waals surface area contributed by atoms with E-state index in [-0.39, 0.29) is 11.9 Å². The van der Waals surface area contributed by atoms with Gasteiger partial charge in [-0.15, -0.1) is 0 Å². The van der Waals surface area contributed by atoms with Crippen molar-refractivity contribution >= 4 is 17.6 Å². The zero-order valence-electron chi connectivity index (χ0n) is 11.5. The fourth-order valence-corrected chi connectivity index (χ4v) is 2.14. The first-order valence-electron chi connectivity index (χ1n) is 6.39. The molecule has 0 unspecified atom stereocenters. The molecule has 0 saturated carbocycles. The van der Waals surface area contributed by atoms with Gasteiger partial charge in [-0.05, 0) is 45.4 Å². The Morgan fingerprint density at radius 1 is 1.37 bits per heavy atom. The van der Waals surface area contributed by atoms with Crippen molar-refractivity contribution in [2.75, 3.05) is 4.90 Å². The Balaban J connectivity index is 2.21. The third kappa shape index (κ3) is 3.13. The molecule has 4 nitrogen and oxygen atoms in total. The first-order valence-corrected chi connectivity index (χ1v) is 6.39. The molecule has 1 radical (unpaired) electrons. The van der Waals surface area contributed by atoms with Crippen molar-refractivity contribution < 1.29 is 14.3 Å². The van der Waals surface area contributed by atoms with Gasteiger partial charge in [-0.2, -0.15) is 0 Å². The van der Waals surface area contributed by atoms with E-state index in [0.717, 1.165) is 5.69 Å². The van der Waals surface area contributed by atoms with Crippen LogP contribution in [0.15, 0.2) is 24.3 Å². The zero-order chi connectivity index (χ0) is 14.0. The number of ether oxygens (including phenoxy) is 1. The number of rotatable bonds is 2. The highest BCUT2D eigenvalue weighted by Crippen LogP contribution is 2.28. The number of esters is 1. The molecule has 1 fully saturated rings. The van der Waals surface area contributed by atoms with Crippen molar-refractivity contribution in [3.8, 4) is 0 Å². The quantitative estimate of drug-likeness (QED) is 0.767. The molecule has 1 heterocycles. The standard InChI is InChI=1S/C15H18NO3/c1-15(2,3)19-14(18)12-9-10-13(17)16(12)11-7-5-4-6-8-11/h5-8,12H,9-10H2,1-3H3/t12-/m0/s1. The second-order valence-electron chi connectivity index (χ2n) is 5.61. The molecule has 101 valence electrons. The monoisotopic (exact) mass is 260 g/mol. The molecular formula is C15H18NO3. The lowest BCUT2D eigenvalue weighted by Gasteiger charge is -2.27. The topological polar surface area (TPSA) is 46.6 Å². The van der Waals surface area contributed by atoms with Crippen LogP contribution in [-0.2, 0) is 14.3 Å². The third-order valence-corrected chi connectivity index (χ3v) is 2.87. The molecule has 0 N–H and O–H groups in total. The summed E-state index contributed by atoms with van der Waals surface area (Å²) in [5, 5.41) is 0. The summed E-state index contributed by atoms with van der Waals surface area (Å²) in [4.78, 5) is 25.7. The molecular weight excluding hydrogens is 242 g/mol. The van der Waals surface area contributed by atoms with Gasteiger partial charge >= 0.3 is 5.97 Å². The van der Waals surface area contributed by atoms with Gasteiger partial charge in [-0.3, -0.25) is 9.69 Å². The minimum absolute atomic E-state index is 0.0398. The first kappa shape index (κ1) is 13.6. The minimum atomic E-state index is -0.543. The summed E-state index contributed by atoms with van der Waals surface area (Å²) < 4.78 is 5.38. The van der Waals surface area contributed by atoms with E-state index in [1.807, 2.05) is 20.8 Å². The highest BCUT2D eigenvalue weighted by atomic mass is 16.6. The van der Waals surface area contributed by atoms with Crippen molar-refractivity contribution in [1.29, 1.82) is 0 Å². The normalized spacial score (nSPS) is 19.6. The fraction of sp³-hybridized carbons (Fsp3) is 0.467. The lowest BCUT2D eigenvalue weighted by atomic mass is 10.1. The molecule has 0 bridgehead atoms. The number of nitrogens with zero attached hydrogens (tertiary/aromatic N) is 1. The Bertz CT molecular complexity index is 476. The molecule has 1 aromatic rings. The molecule has 0 aromatic heterocycles. The predicted octanol–water partition coefficient (Wildman–Crippen LogP) is 2.32. The van der Waals surface area contributed by atoms with Gasteiger partial charge < -0.3 is 4.74 Å². The summed E-state index contributed by atoms with van der Waals surface area (Å²) in [6.45, 7) is 5.47. The third-order valence-electron chi connectivity index (χ3n) is 2.87. The molecule has 1 aromatic carbocycles. The van der Waals surface area contributed by atoms with E-state index in [1.165, 1.54) is 4.90 Å². The largest absolute Gasteiger partial charge is 0.458 e. The van der Waals surface area contributed by atoms with Crippen molar-refractivity contribution in [3.05, 3.63) is 30.3 Å². The number of carbonyl (C=O) groups is 2. The second kappa shape index (κ2) is 5.03. The Hall–Kier alpha value is -1.84. The predicted molar refractivity (Wildman–Crippen MR) is 71.6 cm³/mol. The maximum atomic E-state index is 12.2. The lowest BCUT2D eigenvalue weighted by molar-refractivity contribution is -0.156. The Labute approximate surface area is 113 Å². The average molecular weight is 260 g/mol. The summed E-state index contributed by atoms with van der Waals surface area (Å²) in [6, 6.07) is 9.40. The summed E-state index contributed by atoms with van der Waals surface area (Å²) in [5.74, 6) is -0.381. The number of hydrogen-bond donors (Lipinski definition) is 0. The van der Waals surface area contributed by atoms with Crippen LogP contribution in [0.2, 0.25) is 0 Å². The second-order valence-corrected chi connectivity index (χ2v) is 5.61. The summed E-state index contributed by atoms with van der Waals surface area (Å²) in [6.07, 6.45) is 0.884. The maximum absolute atomic E-state index is 12.2. The SMILES string of the molecule is CC(C)(C)OC(=O)[C@@H]1CCC(=O)N1c1cc[c]cc1. The molecule has 19 heavy (non-hydrogen) atoms. The molecule has 1 saturated heterocycles. The molecule has 1 atom stereocenters. The highest BCUT2D eigenvalue weighted by Gasteiger charge is 2.39. The van der Waals surface area contributed by atoms with Crippen LogP contribution >= 0.6 is 0 Å². The van der Waals surface area contributed by atoms with Gasteiger partial charge in [0.1, 0.15) is 11.6 Å². The minimum Gasteiger partial charge on any atom is -0.458 e. The summed E-state index contributed by atoms with van der Waals surface area (Å²) in [7, 11) is 0. The Morgan fingerprint density at radius 3 is 2.58 bits per heavy atom. The summed E-state index contributed by atoms with van der Waals surface area (Å²) >= 11 is 0. The molecule has 1 amide bonds. The first-order chi connectivity index (χ1) is 8.88. The van der Waals surface area contributed by atoms with Crippen molar-refractivity contribution in [1.82, 2.24) is 0 Å². The van der Waals surface area contributed by atoms with Crippen LogP contribution in [0, 0.1) is 6.07 Å². The molecule has 1 aliphatic heterocycles. The number of carbonyl (C=O) groups excluding carboxylic acids is 2. The lowest BCUT2D eigenvalue weighted by Crippen LogP contribution is -2.42. The van der Waals surface area contributed by atoms with E-state index in [0.29, 0.717) is 12.8 Å². The van der Waals surface area contributed by atoms with Gasteiger partial charge in [0, 0.05) is 12.1 Å². The van der Waals surface area contributed by atoms with Crippen LogP contribution in [0.4, 0.5) is 5.69 Å². The number of hydrogen-bond acceptors (Lipinski definition) is 3. The summed E-state index contributed by atoms with van der Waals surface area (Å²) in [5.41, 5.74) is 0.177. The van der Waals surface area contributed by atoms with Crippen LogP contribution < -0.4 is 4.90 Å². The maximum Gasteiger partial charge on any atom is 0.329 e. The highest BCUT2D eigenvalue weighted by molar-refractivity contribution is 6.02. The van der Waals surface area contributed by atoms with Crippen LogP contribution in [0.3, 0.4) is 0 Å². The van der Waals surface area contributed by atoms with Crippen LogP contribution in [0.25, 0.3) is 0 Å². The Morgan fingerprint density at radius 2 is 2.00 bits per heavy atom. The molecule has 0 spiro atoms. The number of amides is 1. The smallest absolute Gasteiger partial charge is 0.329 e. The van der Waals surface area contributed by atoms with E-state index in [9.17, 15) is 9.59 Å². The van der Waals surface area contributed by atoms with E-state index >= 15 is 0 Å². The molecule has 4 heteroatoms. The van der Waals surface area contributed by atoms with Crippen molar-refractivity contribution in [2.24, 2.45) is 0 Å². The van der Waals surface area contributed by atoms with E-state index in [4.69, 9.17) is 4.74 Å². The van der Waals surface area contributed by atoms with Crippen LogP contribution in [0.1, 0.15) is 33.6 Å². The van der Waals surface area contributed by atoms with Gasteiger partial charge in [0.15, 0.2) is 0 Å². The van der Waals surface area contributed by atoms with Gasteiger partial charge in [0.25, 0.3) is 0 Å². The van der Waals surface area contributed by atoms with Gasteiger partial charge in [0.05, 0.1) is 0 Å². The van der Waals surface area contributed by atoms with Crippen LogP contribution in [-0.4, -0.2) is 23.5 Å². The van der Waals surface area contributed by atoms with E-state index < -0.39 is 11.6 Å². The van der Waals surface area contributed by atoms with E-state index in [1.54, 1.807) is 24.3 Å². The zero-order valence-corrected chi connectivity index (χ0v) is 11.5. The average Bonchev–Trinajstić information content (AvgIpc) is 2.70. The Kier molecular flexibility index (Phi) is 3.60.